The number of rotatable bonds is 8. The standard InChI is InChI=1S/C29H21BrN2O6S/c1-37-25-14-18(13-23(30)27(25)38-17-21-10-6-9-19-7-2-4-11-22(19)21)15-26-28(33)31(29(34)39-26)16-20-8-3-5-12-24(20)32(35)36/h2-15H,16-17H2,1H3/b26-15-. The number of para-hydroxylation sites is 1. The minimum absolute atomic E-state index is 0.145. The summed E-state index contributed by atoms with van der Waals surface area (Å²) < 4.78 is 12.3. The second kappa shape index (κ2) is 11.3. The van der Waals surface area contributed by atoms with E-state index in [0.717, 1.165) is 33.0 Å². The van der Waals surface area contributed by atoms with E-state index in [4.69, 9.17) is 9.47 Å². The third-order valence-corrected chi connectivity index (χ3v) is 7.69. The van der Waals surface area contributed by atoms with Crippen molar-refractivity contribution in [2.45, 2.75) is 13.2 Å². The van der Waals surface area contributed by atoms with Crippen LogP contribution in [-0.2, 0) is 17.9 Å². The summed E-state index contributed by atoms with van der Waals surface area (Å²) >= 11 is 4.33. The van der Waals surface area contributed by atoms with E-state index in [2.05, 4.69) is 15.9 Å². The van der Waals surface area contributed by atoms with Crippen LogP contribution in [0.4, 0.5) is 10.5 Å². The Kier molecular flexibility index (Phi) is 7.67. The molecule has 0 aliphatic carbocycles. The number of halogens is 1. The molecule has 10 heteroatoms. The van der Waals surface area contributed by atoms with Crippen LogP contribution in [-0.4, -0.2) is 28.1 Å². The van der Waals surface area contributed by atoms with Gasteiger partial charge in [-0.2, -0.15) is 0 Å². The van der Waals surface area contributed by atoms with Gasteiger partial charge in [0.05, 0.1) is 28.0 Å². The molecule has 4 aromatic carbocycles. The summed E-state index contributed by atoms with van der Waals surface area (Å²) in [6.07, 6.45) is 1.59. The van der Waals surface area contributed by atoms with Crippen molar-refractivity contribution in [3.05, 3.63) is 115 Å². The lowest BCUT2D eigenvalue weighted by molar-refractivity contribution is -0.385. The van der Waals surface area contributed by atoms with Gasteiger partial charge < -0.3 is 9.47 Å². The Balaban J connectivity index is 1.37. The Morgan fingerprint density at radius 2 is 1.72 bits per heavy atom. The Bertz CT molecular complexity index is 1650. The van der Waals surface area contributed by atoms with E-state index in [0.29, 0.717) is 28.1 Å². The number of imide groups is 1. The first kappa shape index (κ1) is 26.5. The highest BCUT2D eigenvalue weighted by Crippen LogP contribution is 2.40. The molecule has 0 N–H and O–H groups in total. The van der Waals surface area contributed by atoms with Crippen molar-refractivity contribution < 1.29 is 24.0 Å². The second-order valence-electron chi connectivity index (χ2n) is 8.61. The number of nitro groups is 1. The molecule has 0 spiro atoms. The fourth-order valence-corrected chi connectivity index (χ4v) is 5.72. The number of hydrogen-bond donors (Lipinski definition) is 0. The maximum absolute atomic E-state index is 13.1. The number of nitrogens with zero attached hydrogens (tertiary/aromatic N) is 2. The molecule has 2 amide bonds. The average molecular weight is 605 g/mol. The van der Waals surface area contributed by atoms with Gasteiger partial charge in [0, 0.05) is 11.6 Å². The number of hydrogen-bond acceptors (Lipinski definition) is 7. The molecule has 1 aliphatic rings. The molecule has 1 heterocycles. The van der Waals surface area contributed by atoms with Gasteiger partial charge in [-0.1, -0.05) is 60.7 Å². The topological polar surface area (TPSA) is 99.0 Å². The number of benzene rings is 4. The number of methoxy groups -OCH3 is 1. The second-order valence-corrected chi connectivity index (χ2v) is 10.5. The summed E-state index contributed by atoms with van der Waals surface area (Å²) in [5.74, 6) is 0.441. The number of carbonyl (C=O) groups excluding carboxylic acids is 2. The third-order valence-electron chi connectivity index (χ3n) is 6.19. The zero-order chi connectivity index (χ0) is 27.5. The molecule has 0 unspecified atom stereocenters. The first-order chi connectivity index (χ1) is 18.9. The van der Waals surface area contributed by atoms with Crippen molar-refractivity contribution in [2.24, 2.45) is 0 Å². The van der Waals surface area contributed by atoms with Gasteiger partial charge in [-0.3, -0.25) is 24.6 Å². The monoisotopic (exact) mass is 604 g/mol. The van der Waals surface area contributed by atoms with Gasteiger partial charge in [0.25, 0.3) is 16.8 Å². The molecule has 0 bridgehead atoms. The van der Waals surface area contributed by atoms with E-state index >= 15 is 0 Å². The molecular formula is C29H21BrN2O6S. The van der Waals surface area contributed by atoms with Crippen molar-refractivity contribution in [3.8, 4) is 11.5 Å². The average Bonchev–Trinajstić information content (AvgIpc) is 3.19. The van der Waals surface area contributed by atoms with Gasteiger partial charge in [0.1, 0.15) is 6.61 Å². The molecule has 0 saturated carbocycles. The molecule has 0 radical (unpaired) electrons. The lowest BCUT2D eigenvalue weighted by atomic mass is 10.1. The van der Waals surface area contributed by atoms with Gasteiger partial charge in [-0.15, -0.1) is 0 Å². The van der Waals surface area contributed by atoms with Crippen LogP contribution < -0.4 is 9.47 Å². The highest BCUT2D eigenvalue weighted by atomic mass is 79.9. The van der Waals surface area contributed by atoms with Crippen molar-refractivity contribution in [1.29, 1.82) is 0 Å². The highest BCUT2D eigenvalue weighted by Gasteiger charge is 2.36. The smallest absolute Gasteiger partial charge is 0.293 e. The normalized spacial score (nSPS) is 14.3. The van der Waals surface area contributed by atoms with Crippen LogP contribution in [0.5, 0.6) is 11.5 Å². The number of amides is 2. The highest BCUT2D eigenvalue weighted by molar-refractivity contribution is 9.10. The first-order valence-electron chi connectivity index (χ1n) is 11.8. The maximum Gasteiger partial charge on any atom is 0.293 e. The van der Waals surface area contributed by atoms with E-state index < -0.39 is 16.1 Å². The fourth-order valence-electron chi connectivity index (χ4n) is 4.31. The lowest BCUT2D eigenvalue weighted by Gasteiger charge is -2.15. The summed E-state index contributed by atoms with van der Waals surface area (Å²) in [6, 6.07) is 23.7. The van der Waals surface area contributed by atoms with Crippen molar-refractivity contribution in [3.63, 3.8) is 0 Å². The predicted molar refractivity (Wildman–Crippen MR) is 154 cm³/mol. The number of nitro benzene ring substituents is 1. The Morgan fingerprint density at radius 3 is 2.51 bits per heavy atom. The van der Waals surface area contributed by atoms with Crippen molar-refractivity contribution in [1.82, 2.24) is 4.90 Å². The van der Waals surface area contributed by atoms with E-state index in [1.807, 2.05) is 42.5 Å². The van der Waals surface area contributed by atoms with Gasteiger partial charge >= 0.3 is 0 Å². The molecule has 0 aromatic heterocycles. The summed E-state index contributed by atoms with van der Waals surface area (Å²) in [5, 5.41) is 13.1. The zero-order valence-electron chi connectivity index (χ0n) is 20.6. The largest absolute Gasteiger partial charge is 0.493 e. The van der Waals surface area contributed by atoms with E-state index in [1.54, 1.807) is 24.3 Å². The minimum Gasteiger partial charge on any atom is -0.493 e. The number of thioether (sulfide) groups is 1. The van der Waals surface area contributed by atoms with Crippen LogP contribution in [0.2, 0.25) is 0 Å². The molecule has 39 heavy (non-hydrogen) atoms. The summed E-state index contributed by atoms with van der Waals surface area (Å²) in [4.78, 5) is 37.7. The summed E-state index contributed by atoms with van der Waals surface area (Å²) in [7, 11) is 1.52. The van der Waals surface area contributed by atoms with Gasteiger partial charge in [0.2, 0.25) is 0 Å². The van der Waals surface area contributed by atoms with Crippen LogP contribution >= 0.6 is 27.7 Å². The predicted octanol–water partition coefficient (Wildman–Crippen LogP) is 7.33. The van der Waals surface area contributed by atoms with Crippen LogP contribution in [0.3, 0.4) is 0 Å². The van der Waals surface area contributed by atoms with Crippen LogP contribution in [0, 0.1) is 10.1 Å². The Morgan fingerprint density at radius 1 is 1.00 bits per heavy atom. The number of ether oxygens (including phenoxy) is 2. The molecule has 196 valence electrons. The van der Waals surface area contributed by atoms with Gasteiger partial charge in [0.15, 0.2) is 11.5 Å². The number of fused-ring (bicyclic) bond motifs is 1. The zero-order valence-corrected chi connectivity index (χ0v) is 23.0. The van der Waals surface area contributed by atoms with Crippen LogP contribution in [0.15, 0.2) is 88.2 Å². The lowest BCUT2D eigenvalue weighted by Crippen LogP contribution is -2.27. The van der Waals surface area contributed by atoms with Crippen LogP contribution in [0.25, 0.3) is 16.8 Å². The van der Waals surface area contributed by atoms with Crippen molar-refractivity contribution in [2.75, 3.05) is 7.11 Å². The van der Waals surface area contributed by atoms with Crippen molar-refractivity contribution >= 4 is 61.4 Å². The van der Waals surface area contributed by atoms with E-state index in [9.17, 15) is 19.7 Å². The Labute approximate surface area is 236 Å². The fraction of sp³-hybridized carbons (Fsp3) is 0.103. The minimum atomic E-state index is -0.530. The molecule has 5 rings (SSSR count). The van der Waals surface area contributed by atoms with E-state index in [-0.39, 0.29) is 22.7 Å². The molecule has 1 aliphatic heterocycles. The third kappa shape index (κ3) is 5.52. The van der Waals surface area contributed by atoms with Gasteiger partial charge in [-0.05, 0) is 67.8 Å². The molecule has 1 saturated heterocycles. The van der Waals surface area contributed by atoms with Crippen LogP contribution in [0.1, 0.15) is 16.7 Å². The molecule has 4 aromatic rings. The van der Waals surface area contributed by atoms with Gasteiger partial charge in [-0.25, -0.2) is 0 Å². The quantitative estimate of drug-likeness (QED) is 0.118. The SMILES string of the molecule is COc1cc(/C=C2\SC(=O)N(Cc3ccccc3[N+](=O)[O-])C2=O)cc(Br)c1OCc1cccc2ccccc12. The number of carbonyl (C=O) groups is 2. The maximum atomic E-state index is 13.1. The first-order valence-corrected chi connectivity index (χ1v) is 13.4. The van der Waals surface area contributed by atoms with E-state index in [1.165, 1.54) is 25.3 Å². The summed E-state index contributed by atoms with van der Waals surface area (Å²) in [6.45, 7) is 0.132. The molecule has 0 atom stereocenters. The Hall–Kier alpha value is -4.15. The molecule has 8 nitrogen and oxygen atoms in total. The molecule has 1 fully saturated rings. The summed E-state index contributed by atoms with van der Waals surface area (Å²) in [5.41, 5.74) is 1.78. The molecular weight excluding hydrogens is 584 g/mol.